The van der Waals surface area contributed by atoms with Crippen molar-refractivity contribution in [2.24, 2.45) is 0 Å². The van der Waals surface area contributed by atoms with Gasteiger partial charge in [0.05, 0.1) is 6.20 Å². The van der Waals surface area contributed by atoms with Crippen LogP contribution in [-0.2, 0) is 10.0 Å². The number of aromatic nitrogens is 1. The van der Waals surface area contributed by atoms with E-state index in [1.807, 2.05) is 6.92 Å². The molecule has 2 atom stereocenters. The van der Waals surface area contributed by atoms with Gasteiger partial charge in [0.1, 0.15) is 10.7 Å². The number of nitrogens with zero attached hydrogens (tertiary/aromatic N) is 1. The first-order valence-electron chi connectivity index (χ1n) is 5.08. The third-order valence-corrected chi connectivity index (χ3v) is 3.96. The van der Waals surface area contributed by atoms with Crippen molar-refractivity contribution in [3.8, 4) is 0 Å². The molecule has 1 heterocycles. The molecule has 0 amide bonds. The summed E-state index contributed by atoms with van der Waals surface area (Å²) in [6.07, 6.45) is 2.72. The second-order valence-corrected chi connectivity index (χ2v) is 7.15. The smallest absolute Gasteiger partial charge is 0.242 e. The van der Waals surface area contributed by atoms with E-state index in [-0.39, 0.29) is 15.8 Å². The summed E-state index contributed by atoms with van der Waals surface area (Å²) in [5, 5.41) is 0. The van der Waals surface area contributed by atoms with E-state index in [0.29, 0.717) is 6.42 Å². The van der Waals surface area contributed by atoms with Gasteiger partial charge in [-0.3, -0.25) is 4.98 Å². The lowest BCUT2D eigenvalue weighted by molar-refractivity contribution is 0.545. The number of hydrogen-bond acceptors (Lipinski definition) is 3. The lowest BCUT2D eigenvalue weighted by atomic mass is 10.2. The van der Waals surface area contributed by atoms with Crippen molar-refractivity contribution < 1.29 is 12.8 Å². The van der Waals surface area contributed by atoms with Gasteiger partial charge in [-0.1, -0.05) is 22.9 Å². The molecular weight excluding hydrogens is 311 g/mol. The highest BCUT2D eigenvalue weighted by Gasteiger charge is 2.19. The fraction of sp³-hybridized carbons (Fsp3) is 0.500. The Morgan fingerprint density at radius 1 is 1.47 bits per heavy atom. The minimum atomic E-state index is -3.70. The molecule has 96 valence electrons. The van der Waals surface area contributed by atoms with Gasteiger partial charge in [-0.05, 0) is 19.4 Å². The van der Waals surface area contributed by atoms with Crippen LogP contribution in [0.3, 0.4) is 0 Å². The summed E-state index contributed by atoms with van der Waals surface area (Å²) in [6, 6.07) is 0.706. The molecular formula is C10H14BrFN2O2S. The molecule has 0 aromatic carbocycles. The van der Waals surface area contributed by atoms with E-state index in [0.717, 1.165) is 18.5 Å². The Hall–Kier alpha value is -0.530. The van der Waals surface area contributed by atoms with Gasteiger partial charge in [0, 0.05) is 17.1 Å². The summed E-state index contributed by atoms with van der Waals surface area (Å²) in [5.41, 5.74) is 0. The molecule has 7 heteroatoms. The van der Waals surface area contributed by atoms with Gasteiger partial charge in [0.2, 0.25) is 10.0 Å². The van der Waals surface area contributed by atoms with Gasteiger partial charge in [-0.2, -0.15) is 0 Å². The Morgan fingerprint density at radius 2 is 2.12 bits per heavy atom. The van der Waals surface area contributed by atoms with Crippen molar-refractivity contribution in [2.45, 2.75) is 36.0 Å². The fourth-order valence-corrected chi connectivity index (χ4v) is 3.20. The average molecular weight is 325 g/mol. The second-order valence-electron chi connectivity index (χ2n) is 3.88. The molecule has 0 aliphatic rings. The molecule has 0 spiro atoms. The van der Waals surface area contributed by atoms with Crippen LogP contribution < -0.4 is 4.72 Å². The van der Waals surface area contributed by atoms with Crippen molar-refractivity contribution in [3.63, 3.8) is 0 Å². The van der Waals surface area contributed by atoms with Crippen molar-refractivity contribution >= 4 is 26.0 Å². The molecule has 1 N–H and O–H groups in total. The van der Waals surface area contributed by atoms with Crippen molar-refractivity contribution in [2.75, 3.05) is 0 Å². The molecule has 1 aromatic heterocycles. The maximum absolute atomic E-state index is 12.9. The molecule has 0 aliphatic heterocycles. The van der Waals surface area contributed by atoms with E-state index < -0.39 is 15.8 Å². The minimum Gasteiger partial charge on any atom is -0.260 e. The van der Waals surface area contributed by atoms with E-state index >= 15 is 0 Å². The van der Waals surface area contributed by atoms with Crippen LogP contribution in [0.25, 0.3) is 0 Å². The third-order valence-electron chi connectivity index (χ3n) is 2.02. The zero-order chi connectivity index (χ0) is 13.1. The monoisotopic (exact) mass is 324 g/mol. The molecule has 0 radical (unpaired) electrons. The van der Waals surface area contributed by atoms with Gasteiger partial charge in [0.15, 0.2) is 0 Å². The van der Waals surface area contributed by atoms with E-state index in [1.54, 1.807) is 6.92 Å². The predicted molar refractivity (Wildman–Crippen MR) is 67.0 cm³/mol. The summed E-state index contributed by atoms with van der Waals surface area (Å²) < 4.78 is 39.0. The van der Waals surface area contributed by atoms with Gasteiger partial charge in [0.25, 0.3) is 0 Å². The first-order chi connectivity index (χ1) is 7.81. The zero-order valence-corrected chi connectivity index (χ0v) is 11.9. The predicted octanol–water partition coefficient (Wildman–Crippen LogP) is 2.06. The molecule has 1 aromatic rings. The third kappa shape index (κ3) is 4.69. The van der Waals surface area contributed by atoms with Crippen LogP contribution in [0, 0.1) is 5.82 Å². The summed E-state index contributed by atoms with van der Waals surface area (Å²) in [4.78, 5) is 3.55. The Bertz CT molecular complexity index is 479. The lowest BCUT2D eigenvalue weighted by Crippen LogP contribution is -2.34. The van der Waals surface area contributed by atoms with Crippen LogP contribution in [0.1, 0.15) is 20.3 Å². The maximum atomic E-state index is 12.9. The molecule has 2 unspecified atom stereocenters. The second kappa shape index (κ2) is 5.88. The minimum absolute atomic E-state index is 0.161. The van der Waals surface area contributed by atoms with Crippen molar-refractivity contribution in [3.05, 3.63) is 24.3 Å². The Balaban J connectivity index is 2.82. The molecule has 17 heavy (non-hydrogen) atoms. The first-order valence-corrected chi connectivity index (χ1v) is 7.48. The number of pyridine rings is 1. The molecule has 4 nitrogen and oxygen atoms in total. The molecule has 0 bridgehead atoms. The highest BCUT2D eigenvalue weighted by Crippen LogP contribution is 2.12. The fourth-order valence-electron chi connectivity index (χ4n) is 1.41. The van der Waals surface area contributed by atoms with Crippen LogP contribution in [0.2, 0.25) is 0 Å². The normalized spacial score (nSPS) is 15.5. The quantitative estimate of drug-likeness (QED) is 0.843. The van der Waals surface area contributed by atoms with E-state index in [2.05, 4.69) is 25.6 Å². The highest BCUT2D eigenvalue weighted by atomic mass is 79.9. The van der Waals surface area contributed by atoms with Crippen LogP contribution in [0.5, 0.6) is 0 Å². The van der Waals surface area contributed by atoms with Crippen LogP contribution in [0.15, 0.2) is 23.4 Å². The summed E-state index contributed by atoms with van der Waals surface area (Å²) in [5.74, 6) is -0.672. The Labute approximate surface area is 109 Å². The maximum Gasteiger partial charge on any atom is 0.242 e. The topological polar surface area (TPSA) is 59.1 Å². The average Bonchev–Trinajstić information content (AvgIpc) is 2.15. The standard InChI is InChI=1S/C10H14BrFN2O2S/c1-7(11)3-8(2)14-17(15,16)10-4-9(12)5-13-6-10/h4-8,14H,3H2,1-2H3. The van der Waals surface area contributed by atoms with Gasteiger partial charge < -0.3 is 0 Å². The van der Waals surface area contributed by atoms with Crippen LogP contribution in [0.4, 0.5) is 4.39 Å². The molecule has 0 saturated carbocycles. The summed E-state index contributed by atoms with van der Waals surface area (Å²) >= 11 is 3.34. The lowest BCUT2D eigenvalue weighted by Gasteiger charge is -2.15. The van der Waals surface area contributed by atoms with Crippen LogP contribution in [-0.4, -0.2) is 24.3 Å². The molecule has 0 fully saturated rings. The number of alkyl halides is 1. The van der Waals surface area contributed by atoms with E-state index in [4.69, 9.17) is 0 Å². The highest BCUT2D eigenvalue weighted by molar-refractivity contribution is 9.09. The number of hydrogen-bond donors (Lipinski definition) is 1. The van der Waals surface area contributed by atoms with Gasteiger partial charge in [-0.25, -0.2) is 17.5 Å². The van der Waals surface area contributed by atoms with Crippen molar-refractivity contribution in [1.82, 2.24) is 9.71 Å². The Morgan fingerprint density at radius 3 is 2.65 bits per heavy atom. The van der Waals surface area contributed by atoms with Crippen LogP contribution >= 0.6 is 15.9 Å². The number of halogens is 2. The largest absolute Gasteiger partial charge is 0.260 e. The SMILES string of the molecule is CC(Br)CC(C)NS(=O)(=O)c1cncc(F)c1. The number of sulfonamides is 1. The summed E-state index contributed by atoms with van der Waals surface area (Å²) in [7, 11) is -3.70. The first kappa shape index (κ1) is 14.5. The van der Waals surface area contributed by atoms with Gasteiger partial charge >= 0.3 is 0 Å². The van der Waals surface area contributed by atoms with Crippen molar-refractivity contribution in [1.29, 1.82) is 0 Å². The Kier molecular flexibility index (Phi) is 5.03. The van der Waals surface area contributed by atoms with Gasteiger partial charge in [-0.15, -0.1) is 0 Å². The molecule has 1 rings (SSSR count). The number of rotatable bonds is 5. The summed E-state index contributed by atoms with van der Waals surface area (Å²) in [6.45, 7) is 3.68. The van der Waals surface area contributed by atoms with E-state index in [9.17, 15) is 12.8 Å². The molecule has 0 aliphatic carbocycles. The molecule has 0 saturated heterocycles. The zero-order valence-electron chi connectivity index (χ0n) is 9.52. The van der Waals surface area contributed by atoms with E-state index in [1.165, 1.54) is 0 Å². The number of nitrogens with one attached hydrogen (secondary N) is 1.